The molecule has 18 heavy (non-hydrogen) atoms. The van der Waals surface area contributed by atoms with Crippen LogP contribution in [0.4, 0.5) is 0 Å². The monoisotopic (exact) mass is 270 g/mol. The Morgan fingerprint density at radius 1 is 1.44 bits per heavy atom. The molecule has 1 N–H and O–H groups in total. The molecule has 0 atom stereocenters. The van der Waals surface area contributed by atoms with Crippen LogP contribution in [0, 0.1) is 0 Å². The van der Waals surface area contributed by atoms with Gasteiger partial charge in [-0.05, 0) is 46.7 Å². The number of nitrogens with one attached hydrogen (secondary N) is 1. The molecule has 0 bridgehead atoms. The van der Waals surface area contributed by atoms with Crippen LogP contribution in [0.15, 0.2) is 11.6 Å². The number of hydrogen-bond acceptors (Lipinski definition) is 5. The van der Waals surface area contributed by atoms with Gasteiger partial charge in [0.1, 0.15) is 5.60 Å². The number of rotatable bonds is 2. The van der Waals surface area contributed by atoms with Crippen LogP contribution in [0.2, 0.25) is 0 Å². The SMILES string of the molecule is CC(C)(C)OC=O.c1csc(C2CCNCC2)n1. The van der Waals surface area contributed by atoms with E-state index in [1.165, 1.54) is 17.8 Å². The first-order valence-electron chi connectivity index (χ1n) is 6.24. The van der Waals surface area contributed by atoms with E-state index >= 15 is 0 Å². The molecule has 1 aliphatic rings. The summed E-state index contributed by atoms with van der Waals surface area (Å²) in [6.07, 6.45) is 4.42. The molecule has 1 saturated heterocycles. The van der Waals surface area contributed by atoms with E-state index < -0.39 is 0 Å². The highest BCUT2D eigenvalue weighted by Gasteiger charge is 2.16. The van der Waals surface area contributed by atoms with Crippen LogP contribution in [-0.4, -0.2) is 30.1 Å². The molecule has 102 valence electrons. The summed E-state index contributed by atoms with van der Waals surface area (Å²) in [5, 5.41) is 6.75. The zero-order chi connectivity index (χ0) is 13.4. The van der Waals surface area contributed by atoms with E-state index in [4.69, 9.17) is 0 Å². The van der Waals surface area contributed by atoms with Gasteiger partial charge >= 0.3 is 0 Å². The number of carbonyl (C=O) groups is 1. The van der Waals surface area contributed by atoms with Crippen molar-refractivity contribution in [1.29, 1.82) is 0 Å². The van der Waals surface area contributed by atoms with Crippen molar-refractivity contribution in [2.24, 2.45) is 0 Å². The van der Waals surface area contributed by atoms with Crippen LogP contribution in [-0.2, 0) is 9.53 Å². The fraction of sp³-hybridized carbons (Fsp3) is 0.692. The Kier molecular flexibility index (Phi) is 6.29. The third-order valence-corrected chi connectivity index (χ3v) is 3.48. The summed E-state index contributed by atoms with van der Waals surface area (Å²) < 4.78 is 4.55. The Labute approximate surface area is 113 Å². The number of hydrogen-bond donors (Lipinski definition) is 1. The molecular formula is C13H22N2O2S. The molecule has 1 fully saturated rings. The maximum Gasteiger partial charge on any atom is 0.293 e. The molecular weight excluding hydrogens is 248 g/mol. The van der Waals surface area contributed by atoms with Gasteiger partial charge in [0, 0.05) is 17.5 Å². The average Bonchev–Trinajstić information content (AvgIpc) is 2.83. The Hall–Kier alpha value is -0.940. The molecule has 0 radical (unpaired) electrons. The Morgan fingerprint density at radius 2 is 2.11 bits per heavy atom. The van der Waals surface area contributed by atoms with E-state index in [0.717, 1.165) is 19.0 Å². The molecule has 0 aliphatic carbocycles. The number of ether oxygens (including phenoxy) is 1. The third kappa shape index (κ3) is 6.12. The summed E-state index contributed by atoms with van der Waals surface area (Å²) >= 11 is 1.79. The highest BCUT2D eigenvalue weighted by Crippen LogP contribution is 2.26. The van der Waals surface area contributed by atoms with Crippen molar-refractivity contribution in [1.82, 2.24) is 10.3 Å². The van der Waals surface area contributed by atoms with Gasteiger partial charge in [-0.1, -0.05) is 0 Å². The molecule has 1 aromatic heterocycles. The largest absolute Gasteiger partial charge is 0.462 e. The molecule has 4 nitrogen and oxygen atoms in total. The first-order chi connectivity index (χ1) is 8.53. The number of thiazole rings is 1. The van der Waals surface area contributed by atoms with Gasteiger partial charge in [0.2, 0.25) is 0 Å². The van der Waals surface area contributed by atoms with E-state index in [-0.39, 0.29) is 5.60 Å². The van der Waals surface area contributed by atoms with Crippen LogP contribution in [0.1, 0.15) is 44.5 Å². The van der Waals surface area contributed by atoms with Gasteiger partial charge in [0.15, 0.2) is 0 Å². The first-order valence-corrected chi connectivity index (χ1v) is 7.12. The van der Waals surface area contributed by atoms with Gasteiger partial charge in [-0.15, -0.1) is 11.3 Å². The van der Waals surface area contributed by atoms with Gasteiger partial charge in [-0.3, -0.25) is 4.79 Å². The maximum absolute atomic E-state index is 9.60. The van der Waals surface area contributed by atoms with E-state index in [1.54, 1.807) is 11.3 Å². The molecule has 0 amide bonds. The molecule has 0 saturated carbocycles. The molecule has 5 heteroatoms. The lowest BCUT2D eigenvalue weighted by Crippen LogP contribution is -2.26. The molecule has 0 spiro atoms. The Balaban J connectivity index is 0.000000203. The normalized spacial score (nSPS) is 16.6. The van der Waals surface area contributed by atoms with Crippen LogP contribution in [0.3, 0.4) is 0 Å². The van der Waals surface area contributed by atoms with Gasteiger partial charge in [0.05, 0.1) is 5.01 Å². The summed E-state index contributed by atoms with van der Waals surface area (Å²) in [6.45, 7) is 8.23. The van der Waals surface area contributed by atoms with Crippen molar-refractivity contribution in [2.75, 3.05) is 13.1 Å². The number of carbonyl (C=O) groups excluding carboxylic acids is 1. The maximum atomic E-state index is 9.60. The molecule has 1 aliphatic heterocycles. The Bertz CT molecular complexity index is 327. The molecule has 0 aromatic carbocycles. The second kappa shape index (κ2) is 7.48. The highest BCUT2D eigenvalue weighted by atomic mass is 32.1. The molecule has 2 rings (SSSR count). The van der Waals surface area contributed by atoms with Gasteiger partial charge in [-0.2, -0.15) is 0 Å². The van der Waals surface area contributed by atoms with Crippen LogP contribution in [0.25, 0.3) is 0 Å². The minimum Gasteiger partial charge on any atom is -0.462 e. The van der Waals surface area contributed by atoms with Crippen molar-refractivity contribution in [3.8, 4) is 0 Å². The van der Waals surface area contributed by atoms with Crippen LogP contribution >= 0.6 is 11.3 Å². The van der Waals surface area contributed by atoms with Crippen molar-refractivity contribution in [3.05, 3.63) is 16.6 Å². The quantitative estimate of drug-likeness (QED) is 0.839. The van der Waals surface area contributed by atoms with E-state index in [9.17, 15) is 4.79 Å². The molecule has 2 heterocycles. The predicted molar refractivity (Wildman–Crippen MR) is 73.9 cm³/mol. The van der Waals surface area contributed by atoms with Crippen molar-refractivity contribution in [3.63, 3.8) is 0 Å². The lowest BCUT2D eigenvalue weighted by Gasteiger charge is -2.20. The molecule has 1 aromatic rings. The van der Waals surface area contributed by atoms with Gasteiger partial charge in [-0.25, -0.2) is 4.98 Å². The smallest absolute Gasteiger partial charge is 0.293 e. The summed E-state index contributed by atoms with van der Waals surface area (Å²) in [7, 11) is 0. The predicted octanol–water partition coefficient (Wildman–Crippen LogP) is 2.57. The van der Waals surface area contributed by atoms with Crippen molar-refractivity contribution >= 4 is 17.8 Å². The summed E-state index contributed by atoms with van der Waals surface area (Å²) in [5.41, 5.74) is -0.318. The fourth-order valence-corrected chi connectivity index (χ4v) is 2.46. The zero-order valence-electron chi connectivity index (χ0n) is 11.3. The summed E-state index contributed by atoms with van der Waals surface area (Å²) in [5.74, 6) is 0.733. The summed E-state index contributed by atoms with van der Waals surface area (Å²) in [4.78, 5) is 13.9. The first kappa shape index (κ1) is 15.1. The number of aromatic nitrogens is 1. The minimum absolute atomic E-state index is 0.318. The van der Waals surface area contributed by atoms with Crippen LogP contribution < -0.4 is 5.32 Å². The lowest BCUT2D eigenvalue weighted by atomic mass is 9.99. The van der Waals surface area contributed by atoms with Gasteiger partial charge in [0.25, 0.3) is 6.47 Å². The highest BCUT2D eigenvalue weighted by molar-refractivity contribution is 7.09. The van der Waals surface area contributed by atoms with Crippen LogP contribution in [0.5, 0.6) is 0 Å². The van der Waals surface area contributed by atoms with E-state index in [2.05, 4.69) is 20.4 Å². The van der Waals surface area contributed by atoms with Crippen molar-refractivity contribution < 1.29 is 9.53 Å². The second-order valence-electron chi connectivity index (χ2n) is 5.22. The Morgan fingerprint density at radius 3 is 2.50 bits per heavy atom. The molecule has 0 unspecified atom stereocenters. The van der Waals surface area contributed by atoms with E-state index in [0.29, 0.717) is 6.47 Å². The topological polar surface area (TPSA) is 51.2 Å². The fourth-order valence-electron chi connectivity index (χ4n) is 1.65. The average molecular weight is 270 g/mol. The lowest BCUT2D eigenvalue weighted by molar-refractivity contribution is -0.138. The standard InChI is InChI=1S/C8H12N2S.C5H10O2/c1-3-9-4-2-7(1)8-10-5-6-11-8;1-5(2,3)7-4-6/h5-7,9H,1-4H2;4H,1-3H3. The third-order valence-electron chi connectivity index (χ3n) is 2.54. The summed E-state index contributed by atoms with van der Waals surface area (Å²) in [6, 6.07) is 0. The zero-order valence-corrected chi connectivity index (χ0v) is 12.1. The number of piperidine rings is 1. The minimum atomic E-state index is -0.318. The van der Waals surface area contributed by atoms with Crippen molar-refractivity contribution in [2.45, 2.75) is 45.1 Å². The number of nitrogens with zero attached hydrogens (tertiary/aromatic N) is 1. The second-order valence-corrected chi connectivity index (χ2v) is 6.15. The van der Waals surface area contributed by atoms with Gasteiger partial charge < -0.3 is 10.1 Å². The van der Waals surface area contributed by atoms with E-state index in [1.807, 2.05) is 27.0 Å².